The van der Waals surface area contributed by atoms with Crippen LogP contribution >= 0.6 is 15.9 Å². The van der Waals surface area contributed by atoms with E-state index in [4.69, 9.17) is 4.74 Å². The van der Waals surface area contributed by atoms with Crippen LogP contribution in [-0.2, 0) is 11.0 Å². The van der Waals surface area contributed by atoms with Gasteiger partial charge in [0.15, 0.2) is 0 Å². The molecule has 2 aromatic carbocycles. The van der Waals surface area contributed by atoms with E-state index in [1.54, 1.807) is 29.2 Å². The lowest BCUT2D eigenvalue weighted by Crippen LogP contribution is -2.39. The first-order valence-corrected chi connectivity index (χ1v) is 10.1. The van der Waals surface area contributed by atoms with E-state index in [0.29, 0.717) is 42.9 Å². The minimum absolute atomic E-state index is 0.381. The van der Waals surface area contributed by atoms with Gasteiger partial charge in [-0.2, -0.15) is 13.2 Å². The zero-order valence-corrected chi connectivity index (χ0v) is 17.3. The number of aliphatic carboxylic acids is 1. The first kappa shape index (κ1) is 21.6. The van der Waals surface area contributed by atoms with Crippen LogP contribution in [0.3, 0.4) is 0 Å². The van der Waals surface area contributed by atoms with Crippen LogP contribution in [0.25, 0.3) is 0 Å². The average molecular weight is 472 g/mol. The maximum Gasteiger partial charge on any atom is 0.416 e. The molecule has 0 spiro atoms. The molecule has 0 amide bonds. The fourth-order valence-corrected chi connectivity index (χ4v) is 4.20. The third-order valence-corrected chi connectivity index (χ3v) is 5.50. The van der Waals surface area contributed by atoms with Gasteiger partial charge in [-0.3, -0.25) is 9.69 Å². The maximum atomic E-state index is 13.3. The third kappa shape index (κ3) is 4.75. The van der Waals surface area contributed by atoms with E-state index in [2.05, 4.69) is 15.9 Å². The van der Waals surface area contributed by atoms with E-state index in [9.17, 15) is 23.1 Å². The van der Waals surface area contributed by atoms with Crippen LogP contribution in [-0.4, -0.2) is 35.2 Å². The number of halogens is 4. The molecular weight excluding hydrogens is 451 g/mol. The lowest BCUT2D eigenvalue weighted by atomic mass is 9.94. The van der Waals surface area contributed by atoms with Gasteiger partial charge < -0.3 is 9.84 Å². The number of ether oxygens (including phenoxy) is 1. The first-order valence-electron chi connectivity index (χ1n) is 9.30. The molecule has 3 rings (SSSR count). The average Bonchev–Trinajstić information content (AvgIpc) is 3.13. The summed E-state index contributed by atoms with van der Waals surface area (Å²) in [5.41, 5.74) is 0.250. The second kappa shape index (κ2) is 8.75. The van der Waals surface area contributed by atoms with Gasteiger partial charge in [0.05, 0.1) is 18.2 Å². The molecule has 0 aliphatic carbocycles. The summed E-state index contributed by atoms with van der Waals surface area (Å²) in [7, 11) is 0. The van der Waals surface area contributed by atoms with E-state index in [-0.39, 0.29) is 0 Å². The normalized spacial score (nSPS) is 18.6. The van der Waals surface area contributed by atoms with Crippen molar-refractivity contribution in [2.24, 2.45) is 0 Å². The fraction of sp³-hybridized carbons (Fsp3) is 0.381. The van der Waals surface area contributed by atoms with Gasteiger partial charge in [0.2, 0.25) is 0 Å². The number of benzene rings is 2. The minimum atomic E-state index is -4.49. The predicted octanol–water partition coefficient (Wildman–Crippen LogP) is 5.51. The molecule has 1 aliphatic heterocycles. The van der Waals surface area contributed by atoms with Crippen LogP contribution in [0.2, 0.25) is 0 Å². The predicted molar refractivity (Wildman–Crippen MR) is 106 cm³/mol. The molecular formula is C21H21BrF3NO3. The highest BCUT2D eigenvalue weighted by atomic mass is 79.9. The van der Waals surface area contributed by atoms with Crippen LogP contribution < -0.4 is 4.74 Å². The summed E-state index contributed by atoms with van der Waals surface area (Å²) in [6.07, 6.45) is -3.38. The van der Waals surface area contributed by atoms with Crippen molar-refractivity contribution in [3.8, 4) is 5.75 Å². The molecule has 4 nitrogen and oxygen atoms in total. The van der Waals surface area contributed by atoms with Gasteiger partial charge in [-0.15, -0.1) is 0 Å². The second-order valence-corrected chi connectivity index (χ2v) is 7.79. The molecule has 1 N–H and O–H groups in total. The largest absolute Gasteiger partial charge is 0.494 e. The second-order valence-electron chi connectivity index (χ2n) is 6.88. The summed E-state index contributed by atoms with van der Waals surface area (Å²) < 4.78 is 46.5. The molecule has 156 valence electrons. The topological polar surface area (TPSA) is 49.8 Å². The van der Waals surface area contributed by atoms with Gasteiger partial charge in [-0.25, -0.2) is 0 Å². The van der Waals surface area contributed by atoms with Crippen molar-refractivity contribution in [2.45, 2.75) is 38.0 Å². The Balaban J connectivity index is 2.19. The molecule has 1 heterocycles. The highest BCUT2D eigenvalue weighted by Crippen LogP contribution is 2.41. The number of nitrogens with zero attached hydrogens (tertiary/aromatic N) is 1. The van der Waals surface area contributed by atoms with Gasteiger partial charge in [-0.1, -0.05) is 28.1 Å². The van der Waals surface area contributed by atoms with E-state index in [1.807, 2.05) is 6.92 Å². The van der Waals surface area contributed by atoms with Gasteiger partial charge in [0.1, 0.15) is 11.8 Å². The molecule has 2 atom stereocenters. The Morgan fingerprint density at radius 2 is 2.07 bits per heavy atom. The molecule has 2 aromatic rings. The van der Waals surface area contributed by atoms with E-state index in [0.717, 1.165) is 16.6 Å². The number of alkyl halides is 3. The van der Waals surface area contributed by atoms with Crippen LogP contribution in [0.5, 0.6) is 5.75 Å². The van der Waals surface area contributed by atoms with E-state index < -0.39 is 29.8 Å². The van der Waals surface area contributed by atoms with Crippen LogP contribution in [0.15, 0.2) is 46.9 Å². The molecule has 0 saturated carbocycles. The summed E-state index contributed by atoms with van der Waals surface area (Å²) in [6.45, 7) is 2.67. The molecule has 8 heteroatoms. The lowest BCUT2D eigenvalue weighted by molar-refractivity contribution is -0.143. The summed E-state index contributed by atoms with van der Waals surface area (Å²) in [5.74, 6) is -0.457. The zero-order chi connectivity index (χ0) is 21.2. The Morgan fingerprint density at radius 3 is 2.72 bits per heavy atom. The van der Waals surface area contributed by atoms with Crippen LogP contribution in [0.1, 0.15) is 42.5 Å². The molecule has 1 fully saturated rings. The Labute approximate surface area is 175 Å². The fourth-order valence-electron chi connectivity index (χ4n) is 3.82. The van der Waals surface area contributed by atoms with Crippen molar-refractivity contribution in [1.29, 1.82) is 0 Å². The number of rotatable bonds is 6. The molecule has 1 aliphatic rings. The van der Waals surface area contributed by atoms with Crippen molar-refractivity contribution < 1.29 is 27.8 Å². The Bertz CT molecular complexity index is 888. The number of likely N-dealkylation sites (tertiary alicyclic amines) is 1. The van der Waals surface area contributed by atoms with E-state index in [1.165, 1.54) is 6.07 Å². The zero-order valence-electron chi connectivity index (χ0n) is 15.7. The van der Waals surface area contributed by atoms with Crippen LogP contribution in [0.4, 0.5) is 13.2 Å². The Hall–Kier alpha value is -2.06. The highest BCUT2D eigenvalue weighted by molar-refractivity contribution is 9.10. The molecule has 0 bridgehead atoms. The minimum Gasteiger partial charge on any atom is -0.494 e. The monoisotopic (exact) mass is 471 g/mol. The number of carbonyl (C=O) groups is 1. The Kier molecular flexibility index (Phi) is 6.53. The van der Waals surface area contributed by atoms with Gasteiger partial charge >= 0.3 is 12.1 Å². The summed E-state index contributed by atoms with van der Waals surface area (Å²) >= 11 is 3.42. The highest BCUT2D eigenvalue weighted by Gasteiger charge is 2.39. The quantitative estimate of drug-likeness (QED) is 0.603. The standard InChI is InChI=1S/C21H21BrF3NO3/c1-2-29-18-9-8-15(22)12-16(18)19(26-10-4-7-17(26)20(27)28)13-5-3-6-14(11-13)21(23,24)25/h3,5-6,8-9,11-12,17,19H,2,4,7,10H2,1H3,(H,27,28). The first-order chi connectivity index (χ1) is 13.7. The Morgan fingerprint density at radius 1 is 1.31 bits per heavy atom. The molecule has 29 heavy (non-hydrogen) atoms. The lowest BCUT2D eigenvalue weighted by Gasteiger charge is -2.33. The number of hydrogen-bond acceptors (Lipinski definition) is 3. The van der Waals surface area contributed by atoms with Gasteiger partial charge in [-0.05, 0) is 55.7 Å². The third-order valence-electron chi connectivity index (χ3n) is 5.01. The molecule has 0 radical (unpaired) electrons. The van der Waals surface area contributed by atoms with Crippen molar-refractivity contribution in [3.05, 3.63) is 63.6 Å². The van der Waals surface area contributed by atoms with E-state index >= 15 is 0 Å². The van der Waals surface area contributed by atoms with Crippen molar-refractivity contribution in [1.82, 2.24) is 4.90 Å². The SMILES string of the molecule is CCOc1ccc(Br)cc1C(c1cccc(C(F)(F)F)c1)N1CCCC1C(=O)O. The molecule has 1 saturated heterocycles. The van der Waals surface area contributed by atoms with Crippen LogP contribution in [0, 0.1) is 0 Å². The van der Waals surface area contributed by atoms with Crippen molar-refractivity contribution in [3.63, 3.8) is 0 Å². The number of hydrogen-bond donors (Lipinski definition) is 1. The van der Waals surface area contributed by atoms with Crippen molar-refractivity contribution in [2.75, 3.05) is 13.2 Å². The number of carboxylic acids is 1. The van der Waals surface area contributed by atoms with Crippen molar-refractivity contribution >= 4 is 21.9 Å². The summed E-state index contributed by atoms with van der Waals surface area (Å²) in [4.78, 5) is 13.6. The maximum absolute atomic E-state index is 13.3. The van der Waals surface area contributed by atoms with Gasteiger partial charge in [0.25, 0.3) is 0 Å². The summed E-state index contributed by atoms with van der Waals surface area (Å²) in [6, 6.07) is 8.94. The summed E-state index contributed by atoms with van der Waals surface area (Å²) in [5, 5.41) is 9.68. The smallest absolute Gasteiger partial charge is 0.416 e. The van der Waals surface area contributed by atoms with Gasteiger partial charge in [0, 0.05) is 16.6 Å². The molecule has 2 unspecified atom stereocenters. The molecule has 0 aromatic heterocycles. The number of carboxylic acid groups (broad SMARTS) is 1.